The summed E-state index contributed by atoms with van der Waals surface area (Å²) in [4.78, 5) is 6.86. The molecule has 1 aromatic heterocycles. The second-order valence-corrected chi connectivity index (χ2v) is 10.3. The number of hydrogen-bond donors (Lipinski definition) is 1. The molecule has 1 aromatic carbocycles. The maximum Gasteiger partial charge on any atom is 0.228 e. The first-order valence-corrected chi connectivity index (χ1v) is 13.1. The number of fused-ring (bicyclic) bond motifs is 3. The molecule has 1 saturated carbocycles. The molecular weight excluding hydrogens is 442 g/mol. The molecule has 0 spiro atoms. The second-order valence-electron chi connectivity index (χ2n) is 10.3. The smallest absolute Gasteiger partial charge is 0.228 e. The molecule has 0 unspecified atom stereocenters. The number of aromatic nitrogens is 2. The highest BCUT2D eigenvalue weighted by atomic mass is 16.5. The van der Waals surface area contributed by atoms with Crippen LogP contribution < -0.4 is 4.74 Å². The van der Waals surface area contributed by atoms with Crippen LogP contribution in [-0.2, 0) is 29.6 Å². The Labute approximate surface area is 208 Å². The van der Waals surface area contributed by atoms with Gasteiger partial charge in [0.1, 0.15) is 11.4 Å². The van der Waals surface area contributed by atoms with Crippen LogP contribution >= 0.6 is 0 Å². The first-order chi connectivity index (χ1) is 17.0. The molecule has 2 fully saturated rings. The molecule has 0 bridgehead atoms. The minimum absolute atomic E-state index is 0.122. The highest BCUT2D eigenvalue weighted by Crippen LogP contribution is 2.54. The van der Waals surface area contributed by atoms with E-state index in [0.717, 1.165) is 83.5 Å². The van der Waals surface area contributed by atoms with Crippen LogP contribution in [0.2, 0.25) is 0 Å². The number of benzene rings is 1. The van der Waals surface area contributed by atoms with Crippen molar-refractivity contribution in [1.29, 1.82) is 0 Å². The van der Waals surface area contributed by atoms with Gasteiger partial charge in [-0.2, -0.15) is 4.98 Å². The number of rotatable bonds is 7. The van der Waals surface area contributed by atoms with Gasteiger partial charge in [0.25, 0.3) is 0 Å². The Kier molecular flexibility index (Phi) is 7.15. The highest BCUT2D eigenvalue weighted by molar-refractivity contribution is 5.44. The number of ether oxygens (including phenoxy) is 2. The third-order valence-corrected chi connectivity index (χ3v) is 8.34. The normalized spacial score (nSPS) is 28.5. The van der Waals surface area contributed by atoms with Crippen LogP contribution in [0.25, 0.3) is 0 Å². The molecule has 2 heterocycles. The fraction of sp³-hybridized carbons (Fsp3) is 0.643. The van der Waals surface area contributed by atoms with Gasteiger partial charge < -0.3 is 19.1 Å². The first kappa shape index (κ1) is 24.3. The highest BCUT2D eigenvalue weighted by Gasteiger charge is 2.50. The Hall–Kier alpha value is -2.40. The Balaban J connectivity index is 1.21. The predicted molar refractivity (Wildman–Crippen MR) is 132 cm³/mol. The molecule has 3 atom stereocenters. The quantitative estimate of drug-likeness (QED) is 0.607. The van der Waals surface area contributed by atoms with Crippen LogP contribution in [0.1, 0.15) is 68.8 Å². The molecule has 5 rings (SSSR count). The molecule has 2 aromatic rings. The lowest BCUT2D eigenvalue weighted by molar-refractivity contribution is -0.00926. The van der Waals surface area contributed by atoms with Crippen molar-refractivity contribution in [3.63, 3.8) is 0 Å². The van der Waals surface area contributed by atoms with Gasteiger partial charge in [-0.15, -0.1) is 5.92 Å². The standard InChI is InChI=1S/C28H37N3O4/c1-3-10-27(32)11-12-28(4-2)22(19-27)6-5-21-18-23(7-8-24(21)28)34-20-25-29-26(35-30-25)9-13-31-14-16-33-17-15-31/h7-8,18,22,32H,4-6,9,11-17,19-20H2,1-2H3/t22-,27-,28-/m1/s1. The molecule has 188 valence electrons. The third kappa shape index (κ3) is 5.11. The largest absolute Gasteiger partial charge is 0.485 e. The molecular formula is C28H37N3O4. The molecule has 2 aliphatic carbocycles. The number of aliphatic hydroxyl groups is 1. The second kappa shape index (κ2) is 10.3. The third-order valence-electron chi connectivity index (χ3n) is 8.34. The fourth-order valence-corrected chi connectivity index (χ4v) is 6.43. The van der Waals surface area contributed by atoms with Crippen molar-refractivity contribution < 1.29 is 19.1 Å². The zero-order valence-electron chi connectivity index (χ0n) is 21.0. The number of hydrogen-bond acceptors (Lipinski definition) is 7. The van der Waals surface area contributed by atoms with Gasteiger partial charge in [0.2, 0.25) is 11.7 Å². The van der Waals surface area contributed by atoms with Crippen LogP contribution in [0.4, 0.5) is 0 Å². The van der Waals surface area contributed by atoms with Crippen LogP contribution in [0, 0.1) is 17.8 Å². The summed E-state index contributed by atoms with van der Waals surface area (Å²) in [6.07, 6.45) is 6.38. The summed E-state index contributed by atoms with van der Waals surface area (Å²) in [5.74, 6) is 8.56. The molecule has 1 saturated heterocycles. The van der Waals surface area contributed by atoms with E-state index in [1.807, 2.05) is 6.92 Å². The van der Waals surface area contributed by atoms with Gasteiger partial charge in [-0.3, -0.25) is 4.90 Å². The molecule has 35 heavy (non-hydrogen) atoms. The maximum atomic E-state index is 11.0. The van der Waals surface area contributed by atoms with E-state index in [4.69, 9.17) is 14.0 Å². The average Bonchev–Trinajstić information content (AvgIpc) is 3.34. The Morgan fingerprint density at radius 3 is 2.91 bits per heavy atom. The van der Waals surface area contributed by atoms with E-state index in [0.29, 0.717) is 24.2 Å². The minimum Gasteiger partial charge on any atom is -0.485 e. The van der Waals surface area contributed by atoms with Crippen molar-refractivity contribution in [2.24, 2.45) is 5.92 Å². The predicted octanol–water partition coefficient (Wildman–Crippen LogP) is 3.67. The van der Waals surface area contributed by atoms with E-state index in [-0.39, 0.29) is 5.41 Å². The summed E-state index contributed by atoms with van der Waals surface area (Å²) in [6, 6.07) is 6.51. The lowest BCUT2D eigenvalue weighted by Crippen LogP contribution is -2.49. The van der Waals surface area contributed by atoms with Crippen LogP contribution in [-0.4, -0.2) is 58.6 Å². The van der Waals surface area contributed by atoms with Crippen molar-refractivity contribution in [3.8, 4) is 17.6 Å². The molecule has 7 nitrogen and oxygen atoms in total. The van der Waals surface area contributed by atoms with Crippen molar-refractivity contribution in [2.75, 3.05) is 32.8 Å². The van der Waals surface area contributed by atoms with Gasteiger partial charge in [0, 0.05) is 26.1 Å². The molecule has 1 aliphatic heterocycles. The van der Waals surface area contributed by atoms with E-state index in [1.54, 1.807) is 0 Å². The Morgan fingerprint density at radius 2 is 2.11 bits per heavy atom. The maximum absolute atomic E-state index is 11.0. The summed E-state index contributed by atoms with van der Waals surface area (Å²) in [5.41, 5.74) is 2.09. The summed E-state index contributed by atoms with van der Waals surface area (Å²) in [7, 11) is 0. The fourth-order valence-electron chi connectivity index (χ4n) is 6.43. The summed E-state index contributed by atoms with van der Waals surface area (Å²) >= 11 is 0. The van der Waals surface area contributed by atoms with Gasteiger partial charge in [-0.1, -0.05) is 24.1 Å². The summed E-state index contributed by atoms with van der Waals surface area (Å²) < 4.78 is 16.9. The van der Waals surface area contributed by atoms with Crippen molar-refractivity contribution in [1.82, 2.24) is 15.0 Å². The van der Waals surface area contributed by atoms with Crippen LogP contribution in [0.3, 0.4) is 0 Å². The monoisotopic (exact) mass is 479 g/mol. The van der Waals surface area contributed by atoms with E-state index in [2.05, 4.69) is 52.0 Å². The number of nitrogens with zero attached hydrogens (tertiary/aromatic N) is 3. The summed E-state index contributed by atoms with van der Waals surface area (Å²) in [6.45, 7) is 8.79. The van der Waals surface area contributed by atoms with E-state index >= 15 is 0 Å². The SMILES string of the molecule is CC#C[C@@]1(O)CC[C@@]2(CC)c3ccc(OCc4noc(CCN5CCOCC5)n4)cc3CC[C@@H]2C1. The lowest BCUT2D eigenvalue weighted by Gasteiger charge is -2.52. The number of morpholine rings is 1. The van der Waals surface area contributed by atoms with Crippen LogP contribution in [0.5, 0.6) is 5.75 Å². The van der Waals surface area contributed by atoms with E-state index in [9.17, 15) is 5.11 Å². The van der Waals surface area contributed by atoms with Gasteiger partial charge >= 0.3 is 0 Å². The number of aryl methyl sites for hydroxylation is 1. The van der Waals surface area contributed by atoms with Crippen molar-refractivity contribution in [3.05, 3.63) is 41.0 Å². The first-order valence-electron chi connectivity index (χ1n) is 13.1. The molecule has 0 radical (unpaired) electrons. The zero-order valence-corrected chi connectivity index (χ0v) is 21.0. The van der Waals surface area contributed by atoms with Gasteiger partial charge in [-0.05, 0) is 80.0 Å². The average molecular weight is 480 g/mol. The van der Waals surface area contributed by atoms with Crippen LogP contribution in [0.15, 0.2) is 22.7 Å². The molecule has 7 heteroatoms. The minimum atomic E-state index is -0.829. The Bertz CT molecular complexity index is 1080. The molecule has 0 amide bonds. The lowest BCUT2D eigenvalue weighted by atomic mass is 9.53. The van der Waals surface area contributed by atoms with E-state index < -0.39 is 5.60 Å². The van der Waals surface area contributed by atoms with Gasteiger partial charge in [0.05, 0.1) is 13.2 Å². The summed E-state index contributed by atoms with van der Waals surface area (Å²) in [5, 5.41) is 15.1. The molecule has 3 aliphatic rings. The Morgan fingerprint density at radius 1 is 1.26 bits per heavy atom. The van der Waals surface area contributed by atoms with E-state index in [1.165, 1.54) is 11.1 Å². The molecule has 1 N–H and O–H groups in total. The van der Waals surface area contributed by atoms with Gasteiger partial charge in [0.15, 0.2) is 6.61 Å². The topological polar surface area (TPSA) is 80.9 Å². The zero-order chi connectivity index (χ0) is 24.3. The van der Waals surface area contributed by atoms with Gasteiger partial charge in [-0.25, -0.2) is 0 Å². The van der Waals surface area contributed by atoms with Crippen molar-refractivity contribution in [2.45, 2.75) is 76.4 Å². The van der Waals surface area contributed by atoms with Crippen molar-refractivity contribution >= 4 is 0 Å².